The summed E-state index contributed by atoms with van der Waals surface area (Å²) in [5.41, 5.74) is 1.45. The number of rotatable bonds is 5. The Morgan fingerprint density at radius 2 is 1.86 bits per heavy atom. The number of nitrogens with zero attached hydrogens (tertiary/aromatic N) is 1. The Morgan fingerprint density at radius 3 is 2.48 bits per heavy atom. The van der Waals surface area contributed by atoms with Gasteiger partial charge in [-0.05, 0) is 36.2 Å². The van der Waals surface area contributed by atoms with Gasteiger partial charge in [0, 0.05) is 6.54 Å². The van der Waals surface area contributed by atoms with Gasteiger partial charge in [-0.25, -0.2) is 9.78 Å². The van der Waals surface area contributed by atoms with Crippen LogP contribution in [0.5, 0.6) is 0 Å². The number of amides is 1. The number of carbonyl (C=O) groups is 2. The van der Waals surface area contributed by atoms with E-state index in [-0.39, 0.29) is 22.3 Å². The molecule has 0 bridgehead atoms. The first-order valence-corrected chi connectivity index (χ1v) is 6.67. The van der Waals surface area contributed by atoms with Crippen molar-refractivity contribution < 1.29 is 14.7 Å². The molecule has 6 heteroatoms. The van der Waals surface area contributed by atoms with Crippen molar-refractivity contribution in [3.05, 3.63) is 64.4 Å². The highest BCUT2D eigenvalue weighted by Crippen LogP contribution is 2.06. The predicted octanol–water partition coefficient (Wildman–Crippen LogP) is 2.41. The van der Waals surface area contributed by atoms with Gasteiger partial charge in [-0.3, -0.25) is 4.79 Å². The number of aromatic nitrogens is 1. The van der Waals surface area contributed by atoms with Crippen LogP contribution in [0.2, 0.25) is 5.15 Å². The van der Waals surface area contributed by atoms with Crippen LogP contribution < -0.4 is 5.32 Å². The first kappa shape index (κ1) is 15.0. The Morgan fingerprint density at radius 1 is 1.14 bits per heavy atom. The molecule has 0 aliphatic carbocycles. The lowest BCUT2D eigenvalue weighted by Gasteiger charge is -2.05. The van der Waals surface area contributed by atoms with E-state index in [0.717, 1.165) is 5.56 Å². The monoisotopic (exact) mass is 304 g/mol. The van der Waals surface area contributed by atoms with Crippen molar-refractivity contribution in [2.75, 3.05) is 6.54 Å². The van der Waals surface area contributed by atoms with Gasteiger partial charge < -0.3 is 10.4 Å². The van der Waals surface area contributed by atoms with Crippen LogP contribution in [0.3, 0.4) is 0 Å². The maximum atomic E-state index is 11.8. The van der Waals surface area contributed by atoms with Crippen LogP contribution >= 0.6 is 11.6 Å². The van der Waals surface area contributed by atoms with E-state index in [9.17, 15) is 9.59 Å². The van der Waals surface area contributed by atoms with Crippen LogP contribution in [-0.2, 0) is 6.42 Å². The molecule has 108 valence electrons. The van der Waals surface area contributed by atoms with Crippen molar-refractivity contribution in [1.29, 1.82) is 0 Å². The third-order valence-electron chi connectivity index (χ3n) is 2.85. The molecule has 1 heterocycles. The molecule has 0 radical (unpaired) electrons. The first-order valence-electron chi connectivity index (χ1n) is 6.29. The lowest BCUT2D eigenvalue weighted by Crippen LogP contribution is -2.26. The van der Waals surface area contributed by atoms with E-state index < -0.39 is 5.97 Å². The Hall–Kier alpha value is -2.40. The van der Waals surface area contributed by atoms with Crippen LogP contribution in [0, 0.1) is 0 Å². The van der Waals surface area contributed by atoms with Crippen molar-refractivity contribution in [2.45, 2.75) is 6.42 Å². The summed E-state index contributed by atoms with van der Waals surface area (Å²) < 4.78 is 0. The minimum atomic E-state index is -0.957. The maximum Gasteiger partial charge on any atom is 0.335 e. The van der Waals surface area contributed by atoms with Gasteiger partial charge in [0.1, 0.15) is 10.8 Å². The molecule has 0 fully saturated rings. The number of carbonyl (C=O) groups excluding carboxylic acids is 1. The summed E-state index contributed by atoms with van der Waals surface area (Å²) >= 11 is 5.72. The molecule has 0 unspecified atom stereocenters. The molecule has 0 spiro atoms. The molecule has 2 rings (SSSR count). The molecule has 0 aliphatic heterocycles. The van der Waals surface area contributed by atoms with Crippen molar-refractivity contribution >= 4 is 23.5 Å². The third kappa shape index (κ3) is 4.29. The van der Waals surface area contributed by atoms with Crippen molar-refractivity contribution in [1.82, 2.24) is 10.3 Å². The second-order valence-corrected chi connectivity index (χ2v) is 4.74. The third-order valence-corrected chi connectivity index (χ3v) is 3.06. The van der Waals surface area contributed by atoms with Crippen molar-refractivity contribution in [2.24, 2.45) is 0 Å². The maximum absolute atomic E-state index is 11.8. The fourth-order valence-electron chi connectivity index (χ4n) is 1.76. The number of carboxylic acid groups (broad SMARTS) is 1. The number of hydrogen-bond donors (Lipinski definition) is 2. The number of halogens is 1. The van der Waals surface area contributed by atoms with Crippen molar-refractivity contribution in [3.8, 4) is 0 Å². The lowest BCUT2D eigenvalue weighted by molar-refractivity contribution is 0.0696. The second-order valence-electron chi connectivity index (χ2n) is 4.35. The summed E-state index contributed by atoms with van der Waals surface area (Å²) in [6.07, 6.45) is 0.603. The summed E-state index contributed by atoms with van der Waals surface area (Å²) in [4.78, 5) is 26.5. The highest BCUT2D eigenvalue weighted by Gasteiger charge is 2.07. The largest absolute Gasteiger partial charge is 0.478 e. The van der Waals surface area contributed by atoms with Crippen LogP contribution in [0.4, 0.5) is 0 Å². The van der Waals surface area contributed by atoms with Gasteiger partial charge in [-0.2, -0.15) is 0 Å². The van der Waals surface area contributed by atoms with E-state index in [1.165, 1.54) is 12.1 Å². The summed E-state index contributed by atoms with van der Waals surface area (Å²) in [5, 5.41) is 11.8. The van der Waals surface area contributed by atoms with E-state index in [1.807, 2.05) is 0 Å². The summed E-state index contributed by atoms with van der Waals surface area (Å²) in [6.45, 7) is 0.430. The smallest absolute Gasteiger partial charge is 0.335 e. The van der Waals surface area contributed by atoms with Gasteiger partial charge in [0.05, 0.1) is 5.56 Å². The van der Waals surface area contributed by atoms with Gasteiger partial charge in [0.2, 0.25) is 0 Å². The molecule has 0 saturated carbocycles. The molecule has 1 amide bonds. The van der Waals surface area contributed by atoms with Crippen LogP contribution in [0.25, 0.3) is 0 Å². The van der Waals surface area contributed by atoms with Crippen molar-refractivity contribution in [3.63, 3.8) is 0 Å². The van der Waals surface area contributed by atoms with Crippen LogP contribution in [-0.4, -0.2) is 28.5 Å². The zero-order chi connectivity index (χ0) is 15.2. The fourth-order valence-corrected chi connectivity index (χ4v) is 1.92. The summed E-state index contributed by atoms with van der Waals surface area (Å²) in [5.74, 6) is -1.25. The van der Waals surface area contributed by atoms with Gasteiger partial charge in [0.25, 0.3) is 5.91 Å². The van der Waals surface area contributed by atoms with Gasteiger partial charge in [-0.15, -0.1) is 0 Å². The number of pyridine rings is 1. The van der Waals surface area contributed by atoms with E-state index >= 15 is 0 Å². The van der Waals surface area contributed by atoms with E-state index in [4.69, 9.17) is 16.7 Å². The average molecular weight is 305 g/mol. The Balaban J connectivity index is 1.86. The quantitative estimate of drug-likeness (QED) is 0.831. The predicted molar refractivity (Wildman–Crippen MR) is 78.7 cm³/mol. The zero-order valence-corrected chi connectivity index (χ0v) is 11.8. The summed E-state index contributed by atoms with van der Waals surface area (Å²) in [7, 11) is 0. The molecule has 0 aliphatic rings. The summed E-state index contributed by atoms with van der Waals surface area (Å²) in [6, 6.07) is 11.4. The number of aromatic carboxylic acids is 1. The molecule has 21 heavy (non-hydrogen) atoms. The number of nitrogens with one attached hydrogen (secondary N) is 1. The first-order chi connectivity index (χ1) is 10.1. The molecule has 2 aromatic rings. The minimum absolute atomic E-state index is 0.242. The van der Waals surface area contributed by atoms with Gasteiger partial charge in [0.15, 0.2) is 0 Å². The van der Waals surface area contributed by atoms with E-state index in [1.54, 1.807) is 30.3 Å². The standard InChI is InChI=1S/C15H13ClN2O3/c16-13-3-1-2-12(18-13)14(19)17-9-8-10-4-6-11(7-5-10)15(20)21/h1-7H,8-9H2,(H,17,19)(H,20,21). The lowest BCUT2D eigenvalue weighted by atomic mass is 10.1. The highest BCUT2D eigenvalue weighted by atomic mass is 35.5. The topological polar surface area (TPSA) is 79.3 Å². The number of carboxylic acids is 1. The normalized spacial score (nSPS) is 10.1. The molecule has 5 nitrogen and oxygen atoms in total. The average Bonchev–Trinajstić information content (AvgIpc) is 2.47. The number of benzene rings is 1. The van der Waals surface area contributed by atoms with Gasteiger partial charge in [-0.1, -0.05) is 29.8 Å². The van der Waals surface area contributed by atoms with E-state index in [0.29, 0.717) is 13.0 Å². The SMILES string of the molecule is O=C(O)c1ccc(CCNC(=O)c2cccc(Cl)n2)cc1. The molecular weight excluding hydrogens is 292 g/mol. The highest BCUT2D eigenvalue weighted by molar-refractivity contribution is 6.29. The van der Waals surface area contributed by atoms with Crippen LogP contribution in [0.1, 0.15) is 26.4 Å². The Bertz CT molecular complexity index is 656. The minimum Gasteiger partial charge on any atom is -0.478 e. The fraction of sp³-hybridized carbons (Fsp3) is 0.133. The molecule has 2 N–H and O–H groups in total. The molecular formula is C15H13ClN2O3. The molecule has 0 atom stereocenters. The molecule has 0 saturated heterocycles. The number of hydrogen-bond acceptors (Lipinski definition) is 3. The zero-order valence-electron chi connectivity index (χ0n) is 11.0. The second kappa shape index (κ2) is 6.85. The Kier molecular flexibility index (Phi) is 4.90. The molecule has 1 aromatic carbocycles. The van der Waals surface area contributed by atoms with Gasteiger partial charge >= 0.3 is 5.97 Å². The van der Waals surface area contributed by atoms with E-state index in [2.05, 4.69) is 10.3 Å². The molecule has 1 aromatic heterocycles. The Labute approximate surface area is 126 Å². The van der Waals surface area contributed by atoms with Crippen LogP contribution in [0.15, 0.2) is 42.5 Å².